The van der Waals surface area contributed by atoms with Crippen molar-refractivity contribution in [2.24, 2.45) is 0 Å². The summed E-state index contributed by atoms with van der Waals surface area (Å²) in [6.07, 6.45) is 0. The zero-order valence-corrected chi connectivity index (χ0v) is 10.7. The predicted molar refractivity (Wildman–Crippen MR) is 71.9 cm³/mol. The van der Waals surface area contributed by atoms with Crippen LogP contribution < -0.4 is 5.32 Å². The first-order valence-corrected chi connectivity index (χ1v) is 7.03. The third-order valence-electron chi connectivity index (χ3n) is 2.86. The standard InChI is InChI=1S/C13H20N2S/c1-15(8-7-14-13-10-16-11-13)9-12-5-3-2-4-6-12/h2-6,13-14H,7-11H2,1H3. The first-order chi connectivity index (χ1) is 7.84. The van der Waals surface area contributed by atoms with Crippen molar-refractivity contribution in [3.8, 4) is 0 Å². The van der Waals surface area contributed by atoms with E-state index in [1.807, 2.05) is 11.8 Å². The van der Waals surface area contributed by atoms with E-state index in [4.69, 9.17) is 0 Å². The molecule has 16 heavy (non-hydrogen) atoms. The maximum atomic E-state index is 3.57. The molecule has 0 saturated carbocycles. The van der Waals surface area contributed by atoms with Gasteiger partial charge >= 0.3 is 0 Å². The maximum Gasteiger partial charge on any atom is 0.0249 e. The van der Waals surface area contributed by atoms with E-state index >= 15 is 0 Å². The van der Waals surface area contributed by atoms with Crippen LogP contribution in [0.15, 0.2) is 30.3 Å². The van der Waals surface area contributed by atoms with Crippen LogP contribution in [-0.4, -0.2) is 42.6 Å². The van der Waals surface area contributed by atoms with Crippen LogP contribution in [0.2, 0.25) is 0 Å². The number of hydrogen-bond acceptors (Lipinski definition) is 3. The number of nitrogens with one attached hydrogen (secondary N) is 1. The van der Waals surface area contributed by atoms with Gasteiger partial charge in [-0.3, -0.25) is 0 Å². The molecule has 1 aliphatic rings. The Bertz CT molecular complexity index is 298. The Morgan fingerprint density at radius 3 is 2.69 bits per heavy atom. The Labute approximate surface area is 102 Å². The summed E-state index contributed by atoms with van der Waals surface area (Å²) in [7, 11) is 2.18. The summed E-state index contributed by atoms with van der Waals surface area (Å²) < 4.78 is 0. The summed E-state index contributed by atoms with van der Waals surface area (Å²) in [5, 5.41) is 3.57. The van der Waals surface area contributed by atoms with E-state index in [1.54, 1.807) is 0 Å². The van der Waals surface area contributed by atoms with Crippen molar-refractivity contribution in [2.45, 2.75) is 12.6 Å². The average molecular weight is 236 g/mol. The molecule has 1 aromatic rings. The van der Waals surface area contributed by atoms with Gasteiger partial charge in [0.15, 0.2) is 0 Å². The summed E-state index contributed by atoms with van der Waals surface area (Å²) in [6.45, 7) is 3.27. The molecule has 0 bridgehead atoms. The molecule has 0 aliphatic carbocycles. The van der Waals surface area contributed by atoms with E-state index in [1.165, 1.54) is 17.1 Å². The molecule has 1 aromatic carbocycles. The lowest BCUT2D eigenvalue weighted by Gasteiger charge is -2.27. The van der Waals surface area contributed by atoms with Crippen LogP contribution in [0.5, 0.6) is 0 Å². The van der Waals surface area contributed by atoms with Gasteiger partial charge in [0, 0.05) is 37.2 Å². The molecule has 88 valence electrons. The zero-order chi connectivity index (χ0) is 11.2. The van der Waals surface area contributed by atoms with Gasteiger partial charge in [-0.15, -0.1) is 0 Å². The number of rotatable bonds is 6. The van der Waals surface area contributed by atoms with E-state index in [-0.39, 0.29) is 0 Å². The lowest BCUT2D eigenvalue weighted by Crippen LogP contribution is -2.43. The van der Waals surface area contributed by atoms with Gasteiger partial charge in [-0.25, -0.2) is 0 Å². The number of thioether (sulfide) groups is 1. The highest BCUT2D eigenvalue weighted by Gasteiger charge is 2.16. The normalized spacial score (nSPS) is 16.4. The highest BCUT2D eigenvalue weighted by molar-refractivity contribution is 8.00. The molecule has 1 heterocycles. The molecule has 0 amide bonds. The minimum Gasteiger partial charge on any atom is -0.311 e. The number of hydrogen-bond donors (Lipinski definition) is 1. The van der Waals surface area contributed by atoms with Crippen molar-refractivity contribution in [2.75, 3.05) is 31.6 Å². The van der Waals surface area contributed by atoms with Crippen molar-refractivity contribution in [1.82, 2.24) is 10.2 Å². The Hall–Kier alpha value is -0.510. The van der Waals surface area contributed by atoms with Crippen molar-refractivity contribution in [3.63, 3.8) is 0 Å². The Morgan fingerprint density at radius 1 is 1.31 bits per heavy atom. The zero-order valence-electron chi connectivity index (χ0n) is 9.86. The molecule has 0 unspecified atom stereocenters. The third kappa shape index (κ3) is 3.81. The van der Waals surface area contributed by atoms with E-state index in [9.17, 15) is 0 Å². The van der Waals surface area contributed by atoms with Crippen LogP contribution in [0.4, 0.5) is 0 Å². The molecule has 1 saturated heterocycles. The molecule has 0 radical (unpaired) electrons. The SMILES string of the molecule is CN(CCNC1CSC1)Cc1ccccc1. The summed E-state index contributed by atoms with van der Waals surface area (Å²) in [6, 6.07) is 11.4. The fourth-order valence-electron chi connectivity index (χ4n) is 1.79. The van der Waals surface area contributed by atoms with Crippen LogP contribution in [0.1, 0.15) is 5.56 Å². The van der Waals surface area contributed by atoms with Gasteiger partial charge in [-0.05, 0) is 12.6 Å². The lowest BCUT2D eigenvalue weighted by molar-refractivity contribution is 0.320. The average Bonchev–Trinajstić information content (AvgIpc) is 2.23. The topological polar surface area (TPSA) is 15.3 Å². The Balaban J connectivity index is 1.62. The summed E-state index contributed by atoms with van der Waals surface area (Å²) >= 11 is 2.03. The van der Waals surface area contributed by atoms with Gasteiger partial charge in [0.05, 0.1) is 0 Å². The summed E-state index contributed by atoms with van der Waals surface area (Å²) in [5.41, 5.74) is 1.39. The highest BCUT2D eigenvalue weighted by atomic mass is 32.2. The molecule has 2 rings (SSSR count). The molecular weight excluding hydrogens is 216 g/mol. The fourth-order valence-corrected chi connectivity index (χ4v) is 2.49. The predicted octanol–water partition coefficient (Wildman–Crippen LogP) is 1.82. The molecule has 0 spiro atoms. The maximum absolute atomic E-state index is 3.57. The van der Waals surface area contributed by atoms with Gasteiger partial charge in [0.1, 0.15) is 0 Å². The lowest BCUT2D eigenvalue weighted by atomic mass is 10.2. The van der Waals surface area contributed by atoms with E-state index in [0.29, 0.717) is 0 Å². The number of nitrogens with zero attached hydrogens (tertiary/aromatic N) is 1. The minimum atomic E-state index is 0.773. The molecule has 2 nitrogen and oxygen atoms in total. The van der Waals surface area contributed by atoms with Crippen LogP contribution in [0.3, 0.4) is 0 Å². The van der Waals surface area contributed by atoms with E-state index in [2.05, 4.69) is 47.6 Å². The molecule has 0 aromatic heterocycles. The largest absolute Gasteiger partial charge is 0.311 e. The monoisotopic (exact) mass is 236 g/mol. The molecular formula is C13H20N2S. The molecule has 1 N–H and O–H groups in total. The molecule has 3 heteroatoms. The van der Waals surface area contributed by atoms with Gasteiger partial charge in [-0.2, -0.15) is 11.8 Å². The smallest absolute Gasteiger partial charge is 0.0249 e. The Kier molecular flexibility index (Phi) is 4.69. The first kappa shape index (κ1) is 12.0. The third-order valence-corrected chi connectivity index (χ3v) is 4.14. The highest BCUT2D eigenvalue weighted by Crippen LogP contribution is 2.16. The quantitative estimate of drug-likeness (QED) is 0.811. The van der Waals surface area contributed by atoms with Crippen LogP contribution >= 0.6 is 11.8 Å². The first-order valence-electron chi connectivity index (χ1n) is 5.88. The van der Waals surface area contributed by atoms with Crippen molar-refractivity contribution in [3.05, 3.63) is 35.9 Å². The summed E-state index contributed by atoms with van der Waals surface area (Å²) in [4.78, 5) is 2.37. The van der Waals surface area contributed by atoms with E-state index in [0.717, 1.165) is 25.7 Å². The van der Waals surface area contributed by atoms with Gasteiger partial charge in [0.25, 0.3) is 0 Å². The minimum absolute atomic E-state index is 0.773. The number of likely N-dealkylation sites (N-methyl/N-ethyl adjacent to an activating group) is 1. The van der Waals surface area contributed by atoms with Crippen molar-refractivity contribution >= 4 is 11.8 Å². The summed E-state index contributed by atoms with van der Waals surface area (Å²) in [5.74, 6) is 2.59. The second-order valence-corrected chi connectivity index (χ2v) is 5.49. The number of benzene rings is 1. The van der Waals surface area contributed by atoms with Crippen LogP contribution in [-0.2, 0) is 6.54 Å². The Morgan fingerprint density at radius 2 is 2.06 bits per heavy atom. The van der Waals surface area contributed by atoms with Gasteiger partial charge < -0.3 is 10.2 Å². The molecule has 1 aliphatic heterocycles. The van der Waals surface area contributed by atoms with Gasteiger partial charge in [-0.1, -0.05) is 30.3 Å². The van der Waals surface area contributed by atoms with Crippen molar-refractivity contribution in [1.29, 1.82) is 0 Å². The fraction of sp³-hybridized carbons (Fsp3) is 0.538. The molecule has 1 fully saturated rings. The van der Waals surface area contributed by atoms with Gasteiger partial charge in [0.2, 0.25) is 0 Å². The van der Waals surface area contributed by atoms with Crippen LogP contribution in [0, 0.1) is 0 Å². The molecule has 0 atom stereocenters. The van der Waals surface area contributed by atoms with Crippen LogP contribution in [0.25, 0.3) is 0 Å². The van der Waals surface area contributed by atoms with Crippen molar-refractivity contribution < 1.29 is 0 Å². The van der Waals surface area contributed by atoms with E-state index < -0.39 is 0 Å². The second-order valence-electron chi connectivity index (χ2n) is 4.41. The second kappa shape index (κ2) is 6.28.